The molecule has 0 radical (unpaired) electrons. The Labute approximate surface area is 332 Å². The summed E-state index contributed by atoms with van der Waals surface area (Å²) < 4.78 is 0. The Bertz CT molecular complexity index is 2490. The van der Waals surface area contributed by atoms with E-state index in [-0.39, 0.29) is 0 Å². The van der Waals surface area contributed by atoms with E-state index in [2.05, 4.69) is 224 Å². The number of aromatic nitrogens is 1. The van der Waals surface area contributed by atoms with Crippen molar-refractivity contribution in [1.29, 1.82) is 0 Å². The predicted molar refractivity (Wildman–Crippen MR) is 243 cm³/mol. The molecule has 2 aliphatic heterocycles. The SMILES string of the molecule is C[Si]1(C)c2ccccc2N(c2ccc(-c3cc(-c4ccccc4)cc(-c4ccc(N5c6ccccc6[Si](C)(C)c6ccccc65)cc4)n3)cc2)c2ccccc21. The lowest BCUT2D eigenvalue weighted by atomic mass is 9.99. The summed E-state index contributed by atoms with van der Waals surface area (Å²) in [6, 6.07) is 68.9. The molecule has 0 amide bonds. The van der Waals surface area contributed by atoms with Crippen molar-refractivity contribution in [2.75, 3.05) is 9.80 Å². The standard InChI is InChI=1S/C51H43N3Si2/c1-55(2)48-22-12-8-18-44(48)53(45-19-9-13-23-49(45)55)40-30-26-37(27-31-40)42-34-39(36-16-6-5-7-17-36)35-43(52-42)38-28-32-41(33-29-38)54-46-20-10-14-24-50(46)56(3,4)51-25-15-11-21-47(51)54/h5-35H,1-4H3. The van der Waals surface area contributed by atoms with E-state index >= 15 is 0 Å². The molecule has 1 aromatic heterocycles. The van der Waals surface area contributed by atoms with Gasteiger partial charge in [0.05, 0.1) is 11.4 Å². The third-order valence-corrected chi connectivity index (χ3v) is 19.1. The minimum atomic E-state index is -1.85. The third kappa shape index (κ3) is 5.49. The lowest BCUT2D eigenvalue weighted by Crippen LogP contribution is -2.58. The predicted octanol–water partition coefficient (Wildman–Crippen LogP) is 11.3. The summed E-state index contributed by atoms with van der Waals surface area (Å²) in [5, 5.41) is 5.87. The average Bonchev–Trinajstić information content (AvgIpc) is 3.25. The van der Waals surface area contributed by atoms with Crippen LogP contribution >= 0.6 is 0 Å². The minimum absolute atomic E-state index is 0.955. The molecule has 8 aromatic rings. The van der Waals surface area contributed by atoms with Crippen LogP contribution in [0.2, 0.25) is 26.2 Å². The molecule has 5 heteroatoms. The Morgan fingerprint density at radius 3 is 1.00 bits per heavy atom. The normalized spacial score (nSPS) is 14.6. The van der Waals surface area contributed by atoms with Gasteiger partial charge in [-0.2, -0.15) is 0 Å². The number of anilines is 6. The molecule has 0 unspecified atom stereocenters. The zero-order chi connectivity index (χ0) is 38.0. The van der Waals surface area contributed by atoms with Gasteiger partial charge in [-0.3, -0.25) is 0 Å². The number of hydrogen-bond donors (Lipinski definition) is 0. The Hall–Kier alpha value is -6.28. The summed E-state index contributed by atoms with van der Waals surface area (Å²) in [7, 11) is -3.70. The van der Waals surface area contributed by atoms with Crippen LogP contribution in [0, 0.1) is 0 Å². The van der Waals surface area contributed by atoms with Crippen LogP contribution in [0.1, 0.15) is 0 Å². The number of nitrogens with zero attached hydrogens (tertiary/aromatic N) is 3. The first-order valence-corrected chi connectivity index (χ1v) is 25.6. The van der Waals surface area contributed by atoms with Gasteiger partial charge in [-0.25, -0.2) is 4.98 Å². The van der Waals surface area contributed by atoms with Gasteiger partial charge in [-0.15, -0.1) is 0 Å². The molecule has 0 spiro atoms. The Morgan fingerprint density at radius 2 is 0.643 bits per heavy atom. The van der Waals surface area contributed by atoms with E-state index < -0.39 is 16.1 Å². The van der Waals surface area contributed by atoms with Crippen LogP contribution in [0.15, 0.2) is 188 Å². The number of hydrogen-bond acceptors (Lipinski definition) is 3. The molecule has 0 aliphatic carbocycles. The van der Waals surface area contributed by atoms with Crippen molar-refractivity contribution in [1.82, 2.24) is 4.98 Å². The fourth-order valence-electron chi connectivity index (χ4n) is 9.08. The second-order valence-corrected chi connectivity index (χ2v) is 24.7. The molecule has 0 saturated carbocycles. The topological polar surface area (TPSA) is 19.4 Å². The first kappa shape index (κ1) is 34.2. The van der Waals surface area contributed by atoms with Crippen LogP contribution < -0.4 is 30.5 Å². The fourth-order valence-corrected chi connectivity index (χ4v) is 15.1. The monoisotopic (exact) mass is 753 g/mol. The third-order valence-electron chi connectivity index (χ3n) is 12.0. The molecule has 3 heterocycles. The van der Waals surface area contributed by atoms with Crippen molar-refractivity contribution in [2.24, 2.45) is 0 Å². The fraction of sp³-hybridized carbons (Fsp3) is 0.0784. The van der Waals surface area contributed by atoms with Crippen LogP contribution in [0.3, 0.4) is 0 Å². The Balaban J connectivity index is 1.04. The molecule has 0 fully saturated rings. The molecule has 0 saturated heterocycles. The highest BCUT2D eigenvalue weighted by Gasteiger charge is 2.39. The number of para-hydroxylation sites is 4. The van der Waals surface area contributed by atoms with Gasteiger partial charge in [0.15, 0.2) is 0 Å². The van der Waals surface area contributed by atoms with Crippen molar-refractivity contribution in [3.05, 3.63) is 188 Å². The van der Waals surface area contributed by atoms with Crippen molar-refractivity contribution < 1.29 is 0 Å². The molecule has 2 aliphatic rings. The van der Waals surface area contributed by atoms with E-state index in [0.717, 1.165) is 39.5 Å². The van der Waals surface area contributed by atoms with Crippen LogP contribution in [-0.4, -0.2) is 21.1 Å². The molecule has 3 nitrogen and oxygen atoms in total. The van der Waals surface area contributed by atoms with E-state index in [9.17, 15) is 0 Å². The molecule has 0 bridgehead atoms. The van der Waals surface area contributed by atoms with E-state index in [0.29, 0.717) is 0 Å². The van der Waals surface area contributed by atoms with Crippen LogP contribution in [-0.2, 0) is 0 Å². The lowest BCUT2D eigenvalue weighted by molar-refractivity contribution is 1.27. The highest BCUT2D eigenvalue weighted by molar-refractivity contribution is 7.03. The van der Waals surface area contributed by atoms with Crippen molar-refractivity contribution in [3.63, 3.8) is 0 Å². The molecular weight excluding hydrogens is 711 g/mol. The Kier molecular flexibility index (Phi) is 8.06. The van der Waals surface area contributed by atoms with Gasteiger partial charge in [0, 0.05) is 45.3 Å². The first-order valence-electron chi connectivity index (χ1n) is 19.6. The van der Waals surface area contributed by atoms with Crippen LogP contribution in [0.5, 0.6) is 0 Å². The summed E-state index contributed by atoms with van der Waals surface area (Å²) in [5.41, 5.74) is 13.9. The van der Waals surface area contributed by atoms with Gasteiger partial charge in [-0.05, 0) is 92.5 Å². The van der Waals surface area contributed by atoms with Gasteiger partial charge in [0.25, 0.3) is 0 Å². The van der Waals surface area contributed by atoms with Gasteiger partial charge < -0.3 is 9.80 Å². The zero-order valence-electron chi connectivity index (χ0n) is 32.2. The molecular formula is C51H43N3Si2. The molecule has 0 N–H and O–H groups in total. The first-order chi connectivity index (χ1) is 27.3. The number of fused-ring (bicyclic) bond motifs is 4. The largest absolute Gasteiger partial charge is 0.311 e. The van der Waals surface area contributed by atoms with Crippen molar-refractivity contribution in [3.8, 4) is 33.6 Å². The van der Waals surface area contributed by atoms with Crippen LogP contribution in [0.25, 0.3) is 33.6 Å². The maximum absolute atomic E-state index is 5.35. The highest BCUT2D eigenvalue weighted by Crippen LogP contribution is 2.41. The summed E-state index contributed by atoms with van der Waals surface area (Å²) in [6.07, 6.45) is 0. The lowest BCUT2D eigenvalue weighted by Gasteiger charge is -2.41. The van der Waals surface area contributed by atoms with Crippen molar-refractivity contribution in [2.45, 2.75) is 26.2 Å². The maximum atomic E-state index is 5.35. The molecule has 0 atom stereocenters. The van der Waals surface area contributed by atoms with Gasteiger partial charge in [0.1, 0.15) is 16.1 Å². The minimum Gasteiger partial charge on any atom is -0.311 e. The van der Waals surface area contributed by atoms with Crippen molar-refractivity contribution >= 4 is 71.0 Å². The molecule has 10 rings (SSSR count). The molecule has 56 heavy (non-hydrogen) atoms. The summed E-state index contributed by atoms with van der Waals surface area (Å²) in [4.78, 5) is 10.2. The maximum Gasteiger partial charge on any atom is 0.117 e. The summed E-state index contributed by atoms with van der Waals surface area (Å²) in [5.74, 6) is 0. The van der Waals surface area contributed by atoms with E-state index in [4.69, 9.17) is 4.98 Å². The van der Waals surface area contributed by atoms with Gasteiger partial charge in [-0.1, -0.05) is 154 Å². The number of pyridine rings is 1. The van der Waals surface area contributed by atoms with E-state index in [1.165, 1.54) is 49.1 Å². The smallest absolute Gasteiger partial charge is 0.117 e. The Morgan fingerprint density at radius 1 is 0.321 bits per heavy atom. The number of benzene rings is 7. The molecule has 7 aromatic carbocycles. The average molecular weight is 754 g/mol. The second kappa shape index (κ2) is 13.2. The number of rotatable bonds is 5. The van der Waals surface area contributed by atoms with Gasteiger partial charge in [0.2, 0.25) is 0 Å². The van der Waals surface area contributed by atoms with Crippen LogP contribution in [0.4, 0.5) is 34.1 Å². The zero-order valence-corrected chi connectivity index (χ0v) is 34.2. The van der Waals surface area contributed by atoms with E-state index in [1.807, 2.05) is 0 Å². The van der Waals surface area contributed by atoms with E-state index in [1.54, 1.807) is 0 Å². The second-order valence-electron chi connectivity index (χ2n) is 16.1. The van der Waals surface area contributed by atoms with Gasteiger partial charge >= 0.3 is 0 Å². The molecule has 270 valence electrons. The quantitative estimate of drug-likeness (QED) is 0.163. The highest BCUT2D eigenvalue weighted by atomic mass is 28.3. The summed E-state index contributed by atoms with van der Waals surface area (Å²) >= 11 is 0. The summed E-state index contributed by atoms with van der Waals surface area (Å²) in [6.45, 7) is 9.87.